The Kier molecular flexibility index (Phi) is 5.67. The largest absolute Gasteiger partial charge is 0.436 e. The van der Waals surface area contributed by atoms with E-state index >= 15 is 0 Å². The number of benzene rings is 3. The molecule has 28 heavy (non-hydrogen) atoms. The number of para-hydroxylation sites is 1. The molecule has 0 atom stereocenters. The molecule has 2 nitrogen and oxygen atoms in total. The summed E-state index contributed by atoms with van der Waals surface area (Å²) >= 11 is 0. The molecule has 0 spiro atoms. The van der Waals surface area contributed by atoms with Crippen LogP contribution < -0.4 is 0 Å². The summed E-state index contributed by atoms with van der Waals surface area (Å²) in [5.41, 5.74) is 6.41. The van der Waals surface area contributed by atoms with Gasteiger partial charge >= 0.3 is 0 Å². The third kappa shape index (κ3) is 4.07. The maximum atomic E-state index is 6.26. The van der Waals surface area contributed by atoms with Crippen molar-refractivity contribution in [1.29, 1.82) is 0 Å². The molecule has 0 amide bonds. The molecule has 4 rings (SSSR count). The minimum absolute atomic E-state index is 0.686. The highest BCUT2D eigenvalue weighted by Gasteiger charge is 2.13. The van der Waals surface area contributed by atoms with Crippen molar-refractivity contribution in [2.75, 3.05) is 0 Å². The minimum atomic E-state index is 0.686. The molecule has 4 aromatic rings. The molecule has 1 heterocycles. The molecule has 0 unspecified atom stereocenters. The summed E-state index contributed by atoms with van der Waals surface area (Å²) in [7, 11) is 0. The van der Waals surface area contributed by atoms with Crippen LogP contribution in [0.4, 0.5) is 0 Å². The van der Waals surface area contributed by atoms with Gasteiger partial charge in [0.05, 0.1) is 0 Å². The average Bonchev–Trinajstić information content (AvgIpc) is 3.18. The first-order valence-corrected chi connectivity index (χ1v) is 10.1. The van der Waals surface area contributed by atoms with Crippen molar-refractivity contribution in [3.63, 3.8) is 0 Å². The lowest BCUT2D eigenvalue weighted by Crippen LogP contribution is -1.85. The molecule has 0 aliphatic carbocycles. The lowest BCUT2D eigenvalue weighted by atomic mass is 10.1. The number of nitrogens with zero attached hydrogens (tertiary/aromatic N) is 1. The Hall–Kier alpha value is -3.13. The fraction of sp³-hybridized carbons (Fsp3) is 0.192. The van der Waals surface area contributed by atoms with Crippen LogP contribution in [0.15, 0.2) is 77.2 Å². The Balaban J connectivity index is 1.69. The zero-order chi connectivity index (χ0) is 19.2. The first-order valence-electron chi connectivity index (χ1n) is 10.1. The molecule has 0 saturated heterocycles. The fourth-order valence-electron chi connectivity index (χ4n) is 3.47. The summed E-state index contributed by atoms with van der Waals surface area (Å²) in [5, 5.41) is 0. The van der Waals surface area contributed by atoms with Crippen LogP contribution in [-0.4, -0.2) is 4.98 Å². The van der Waals surface area contributed by atoms with Gasteiger partial charge in [-0.25, -0.2) is 4.98 Å². The van der Waals surface area contributed by atoms with Crippen molar-refractivity contribution < 1.29 is 4.42 Å². The molecule has 140 valence electrons. The highest BCUT2D eigenvalue weighted by molar-refractivity contribution is 5.83. The predicted octanol–water partition coefficient (Wildman–Crippen LogP) is 7.40. The van der Waals surface area contributed by atoms with Gasteiger partial charge in [-0.15, -0.1) is 0 Å². The second-order valence-electron chi connectivity index (χ2n) is 7.07. The smallest absolute Gasteiger partial charge is 0.227 e. The number of fused-ring (bicyclic) bond motifs is 1. The Bertz CT molecular complexity index is 1080. The summed E-state index contributed by atoms with van der Waals surface area (Å²) in [6.07, 6.45) is 8.93. The van der Waals surface area contributed by atoms with E-state index in [0.29, 0.717) is 5.89 Å². The molecule has 0 aliphatic heterocycles. The number of aryl methyl sites for hydroxylation is 1. The van der Waals surface area contributed by atoms with Gasteiger partial charge in [0.1, 0.15) is 5.52 Å². The molecular formula is C26H25NO. The van der Waals surface area contributed by atoms with E-state index < -0.39 is 0 Å². The number of unbranched alkanes of at least 4 members (excludes halogenated alkanes) is 2. The van der Waals surface area contributed by atoms with E-state index in [1.807, 2.05) is 36.4 Å². The first-order chi connectivity index (χ1) is 13.8. The second kappa shape index (κ2) is 8.71. The van der Waals surface area contributed by atoms with Crippen LogP contribution in [0.5, 0.6) is 0 Å². The SMILES string of the molecule is CCCCCc1cccc2nc(-c3ccccc3C=Cc3ccccc3)oc12. The van der Waals surface area contributed by atoms with E-state index in [2.05, 4.69) is 55.5 Å². The normalized spacial score (nSPS) is 11.5. The van der Waals surface area contributed by atoms with Gasteiger partial charge in [0.25, 0.3) is 0 Å². The van der Waals surface area contributed by atoms with Gasteiger partial charge in [0, 0.05) is 5.56 Å². The summed E-state index contributed by atoms with van der Waals surface area (Å²) < 4.78 is 6.26. The van der Waals surface area contributed by atoms with Crippen LogP contribution in [0.1, 0.15) is 42.9 Å². The average molecular weight is 367 g/mol. The van der Waals surface area contributed by atoms with E-state index in [-0.39, 0.29) is 0 Å². The molecule has 0 saturated carbocycles. The molecule has 3 aromatic carbocycles. The van der Waals surface area contributed by atoms with Crippen LogP contribution in [0.2, 0.25) is 0 Å². The third-order valence-electron chi connectivity index (χ3n) is 4.99. The van der Waals surface area contributed by atoms with Gasteiger partial charge in [-0.3, -0.25) is 0 Å². The van der Waals surface area contributed by atoms with Gasteiger partial charge in [-0.2, -0.15) is 0 Å². The Morgan fingerprint density at radius 3 is 2.50 bits per heavy atom. The lowest BCUT2D eigenvalue weighted by Gasteiger charge is -2.02. The van der Waals surface area contributed by atoms with Crippen LogP contribution in [0, 0.1) is 0 Å². The van der Waals surface area contributed by atoms with Crippen LogP contribution in [0.25, 0.3) is 34.7 Å². The van der Waals surface area contributed by atoms with E-state index in [4.69, 9.17) is 9.40 Å². The topological polar surface area (TPSA) is 26.0 Å². The van der Waals surface area contributed by atoms with Crippen LogP contribution in [0.3, 0.4) is 0 Å². The number of hydrogen-bond acceptors (Lipinski definition) is 2. The van der Waals surface area contributed by atoms with E-state index in [0.717, 1.165) is 28.6 Å². The Morgan fingerprint density at radius 1 is 0.821 bits per heavy atom. The van der Waals surface area contributed by atoms with Crippen LogP contribution in [-0.2, 0) is 6.42 Å². The first kappa shape index (κ1) is 18.2. The van der Waals surface area contributed by atoms with Crippen molar-refractivity contribution in [3.8, 4) is 11.5 Å². The zero-order valence-electron chi connectivity index (χ0n) is 16.3. The number of aromatic nitrogens is 1. The predicted molar refractivity (Wildman–Crippen MR) is 118 cm³/mol. The molecule has 0 radical (unpaired) electrons. The van der Waals surface area contributed by atoms with Crippen molar-refractivity contribution >= 4 is 23.3 Å². The summed E-state index contributed by atoms with van der Waals surface area (Å²) in [5.74, 6) is 0.686. The maximum absolute atomic E-state index is 6.26. The number of oxazole rings is 1. The quantitative estimate of drug-likeness (QED) is 0.251. The number of hydrogen-bond donors (Lipinski definition) is 0. The molecule has 0 aliphatic rings. The summed E-state index contributed by atoms with van der Waals surface area (Å²) in [6.45, 7) is 2.23. The standard InChI is InChI=1S/C26H25NO/c1-2-3-5-14-22-15-10-17-24-25(22)28-26(27-24)23-16-9-8-13-21(23)19-18-20-11-6-4-7-12-20/h4,6-13,15-19H,2-3,5,14H2,1H3. The van der Waals surface area contributed by atoms with Gasteiger partial charge in [-0.1, -0.05) is 92.6 Å². The van der Waals surface area contributed by atoms with E-state index in [9.17, 15) is 0 Å². The molecule has 0 bridgehead atoms. The lowest BCUT2D eigenvalue weighted by molar-refractivity contribution is 0.611. The second-order valence-corrected chi connectivity index (χ2v) is 7.07. The van der Waals surface area contributed by atoms with E-state index in [1.165, 1.54) is 30.4 Å². The Labute approximate surface area is 166 Å². The van der Waals surface area contributed by atoms with Crippen molar-refractivity contribution in [1.82, 2.24) is 4.98 Å². The summed E-state index contributed by atoms with van der Waals surface area (Å²) in [6, 6.07) is 24.9. The molecule has 1 aromatic heterocycles. The Morgan fingerprint density at radius 2 is 1.64 bits per heavy atom. The number of rotatable bonds is 7. The highest BCUT2D eigenvalue weighted by atomic mass is 16.3. The van der Waals surface area contributed by atoms with Gasteiger partial charge in [0.15, 0.2) is 5.58 Å². The van der Waals surface area contributed by atoms with Crippen molar-refractivity contribution in [2.24, 2.45) is 0 Å². The zero-order valence-corrected chi connectivity index (χ0v) is 16.3. The van der Waals surface area contributed by atoms with Crippen LogP contribution >= 0.6 is 0 Å². The monoisotopic (exact) mass is 367 g/mol. The van der Waals surface area contributed by atoms with Gasteiger partial charge in [0.2, 0.25) is 5.89 Å². The minimum Gasteiger partial charge on any atom is -0.436 e. The highest BCUT2D eigenvalue weighted by Crippen LogP contribution is 2.30. The third-order valence-corrected chi connectivity index (χ3v) is 4.99. The maximum Gasteiger partial charge on any atom is 0.227 e. The van der Waals surface area contributed by atoms with Crippen molar-refractivity contribution in [3.05, 3.63) is 89.5 Å². The van der Waals surface area contributed by atoms with Gasteiger partial charge in [-0.05, 0) is 41.7 Å². The molecular weight excluding hydrogens is 342 g/mol. The molecule has 0 N–H and O–H groups in total. The molecule has 2 heteroatoms. The van der Waals surface area contributed by atoms with Gasteiger partial charge < -0.3 is 4.42 Å². The summed E-state index contributed by atoms with van der Waals surface area (Å²) in [4.78, 5) is 4.79. The van der Waals surface area contributed by atoms with E-state index in [1.54, 1.807) is 0 Å². The molecule has 0 fully saturated rings. The fourth-order valence-corrected chi connectivity index (χ4v) is 3.47. The van der Waals surface area contributed by atoms with Crippen molar-refractivity contribution in [2.45, 2.75) is 32.6 Å².